The Morgan fingerprint density at radius 3 is 2.44 bits per heavy atom. The number of nitriles is 1. The number of amides is 1. The molecule has 2 aromatic heterocycles. The van der Waals surface area contributed by atoms with E-state index in [1.54, 1.807) is 6.20 Å². The Bertz CT molecular complexity index is 1310. The SMILES string of the molecule is CCC(C)C1CCc2c1n[nH]c(=O)c2C(F)(F)F.CCCO[C@](C)(CC)C(=O)N(CCC)CCCCCc1ccc(C#N)cn1. The Balaban J connectivity index is 0.000000338. The Hall–Kier alpha value is -3.26. The molecular weight excluding hydrogens is 583 g/mol. The molecule has 0 aliphatic heterocycles. The molecule has 2 unspecified atom stereocenters. The molecule has 0 spiro atoms. The van der Waals surface area contributed by atoms with E-state index in [1.165, 1.54) is 0 Å². The maximum Gasteiger partial charge on any atom is 0.422 e. The van der Waals surface area contributed by atoms with Gasteiger partial charge in [0.25, 0.3) is 11.5 Å². The number of hydrogen-bond donors (Lipinski definition) is 1. The molecular formula is C34H50F3N5O3. The first-order chi connectivity index (χ1) is 21.4. The summed E-state index contributed by atoms with van der Waals surface area (Å²) in [5.74, 6) is 0.405. The number of H-pyrrole nitrogens is 1. The van der Waals surface area contributed by atoms with Gasteiger partial charge in [-0.3, -0.25) is 14.6 Å². The molecule has 1 aliphatic carbocycles. The lowest BCUT2D eigenvalue weighted by atomic mass is 9.90. The summed E-state index contributed by atoms with van der Waals surface area (Å²) in [7, 11) is 0. The number of nitrogens with one attached hydrogen (secondary N) is 1. The predicted octanol–water partition coefficient (Wildman–Crippen LogP) is 7.36. The zero-order chi connectivity index (χ0) is 33.6. The van der Waals surface area contributed by atoms with Crippen LogP contribution in [0.1, 0.15) is 127 Å². The standard InChI is InChI=1S/C22H35N3O2.C12H15F3N2O/c1-5-14-25(21(26)22(4,7-3)27-16-6-2)15-10-8-9-11-20-13-12-19(17-23)18-24-20;1-3-6(2)7-4-5-8-9(12(13,14)15)11(18)17-16-10(7)8/h12-13,18H,5-11,14-16H2,1-4H3;6-7H,3-5H2,1-2H3,(H,17,18)/t22-;/m1./s1. The average Bonchev–Trinajstić information content (AvgIpc) is 3.45. The van der Waals surface area contributed by atoms with E-state index in [4.69, 9.17) is 10.00 Å². The fourth-order valence-corrected chi connectivity index (χ4v) is 5.62. The van der Waals surface area contributed by atoms with Crippen LogP contribution in [0.15, 0.2) is 23.1 Å². The van der Waals surface area contributed by atoms with Gasteiger partial charge in [-0.1, -0.05) is 47.5 Å². The van der Waals surface area contributed by atoms with Crippen molar-refractivity contribution in [3.8, 4) is 6.07 Å². The number of ether oxygens (including phenoxy) is 1. The molecule has 11 heteroatoms. The normalized spacial score (nSPS) is 16.1. The highest BCUT2D eigenvalue weighted by Gasteiger charge is 2.42. The van der Waals surface area contributed by atoms with Gasteiger partial charge in [-0.05, 0) is 81.9 Å². The summed E-state index contributed by atoms with van der Waals surface area (Å²) in [6.07, 6.45) is 5.35. The van der Waals surface area contributed by atoms with Gasteiger partial charge in [0, 0.05) is 37.5 Å². The van der Waals surface area contributed by atoms with E-state index in [0.717, 1.165) is 63.7 Å². The summed E-state index contributed by atoms with van der Waals surface area (Å²) in [5, 5.41) is 14.6. The quantitative estimate of drug-likeness (QED) is 0.205. The molecule has 3 atom stereocenters. The summed E-state index contributed by atoms with van der Waals surface area (Å²) in [5.41, 5.74) is -0.770. The van der Waals surface area contributed by atoms with Gasteiger partial charge in [0.05, 0.1) is 11.3 Å². The van der Waals surface area contributed by atoms with Crippen LogP contribution in [-0.2, 0) is 28.5 Å². The molecule has 0 aromatic carbocycles. The van der Waals surface area contributed by atoms with Gasteiger partial charge in [0.15, 0.2) is 0 Å². The molecule has 2 aromatic rings. The lowest BCUT2D eigenvalue weighted by Gasteiger charge is -2.34. The van der Waals surface area contributed by atoms with E-state index in [0.29, 0.717) is 30.7 Å². The molecule has 45 heavy (non-hydrogen) atoms. The number of hydrogen-bond acceptors (Lipinski definition) is 6. The molecule has 1 amide bonds. The number of pyridine rings is 1. The topological polar surface area (TPSA) is 112 Å². The molecule has 1 aliphatic rings. The van der Waals surface area contributed by atoms with Crippen LogP contribution in [0.25, 0.3) is 0 Å². The Labute approximate surface area is 265 Å². The van der Waals surface area contributed by atoms with Crippen molar-refractivity contribution in [2.45, 2.75) is 123 Å². The van der Waals surface area contributed by atoms with E-state index in [-0.39, 0.29) is 29.7 Å². The van der Waals surface area contributed by atoms with Crippen molar-refractivity contribution in [3.63, 3.8) is 0 Å². The zero-order valence-electron chi connectivity index (χ0n) is 27.7. The minimum atomic E-state index is -4.61. The molecule has 0 radical (unpaired) electrons. The molecule has 0 saturated heterocycles. The van der Waals surface area contributed by atoms with Gasteiger partial charge >= 0.3 is 6.18 Å². The second kappa shape index (κ2) is 18.0. The number of alkyl halides is 3. The van der Waals surface area contributed by atoms with Gasteiger partial charge in [-0.2, -0.15) is 23.5 Å². The number of unbranched alkanes of at least 4 members (excludes halogenated alkanes) is 2. The number of aromatic amines is 1. The number of halogens is 3. The van der Waals surface area contributed by atoms with Crippen LogP contribution in [0.5, 0.6) is 0 Å². The second-order valence-electron chi connectivity index (χ2n) is 12.0. The molecule has 0 saturated carbocycles. The van der Waals surface area contributed by atoms with Crippen LogP contribution in [0, 0.1) is 17.2 Å². The molecule has 8 nitrogen and oxygen atoms in total. The molecule has 1 N–H and O–H groups in total. The smallest absolute Gasteiger partial charge is 0.365 e. The van der Waals surface area contributed by atoms with Gasteiger partial charge in [0.2, 0.25) is 0 Å². The maximum atomic E-state index is 13.0. The number of rotatable bonds is 15. The highest BCUT2D eigenvalue weighted by molar-refractivity contribution is 5.84. The van der Waals surface area contributed by atoms with Crippen LogP contribution in [-0.4, -0.2) is 51.3 Å². The van der Waals surface area contributed by atoms with E-state index < -0.39 is 22.9 Å². The molecule has 0 bridgehead atoms. The summed E-state index contributed by atoms with van der Waals surface area (Å²) >= 11 is 0. The second-order valence-corrected chi connectivity index (χ2v) is 12.0. The first-order valence-corrected chi connectivity index (χ1v) is 16.3. The lowest BCUT2D eigenvalue weighted by Crippen LogP contribution is -2.49. The van der Waals surface area contributed by atoms with Crippen LogP contribution in [0.3, 0.4) is 0 Å². The molecule has 2 heterocycles. The molecule has 250 valence electrons. The highest BCUT2D eigenvalue weighted by atomic mass is 19.4. The van der Waals surface area contributed by atoms with Crippen molar-refractivity contribution >= 4 is 5.91 Å². The van der Waals surface area contributed by atoms with Gasteiger partial charge < -0.3 is 9.64 Å². The van der Waals surface area contributed by atoms with Gasteiger partial charge in [0.1, 0.15) is 17.2 Å². The Morgan fingerprint density at radius 1 is 1.16 bits per heavy atom. The van der Waals surface area contributed by atoms with Crippen molar-refractivity contribution in [1.82, 2.24) is 20.1 Å². The number of aryl methyl sites for hydroxylation is 1. The minimum Gasteiger partial charge on any atom is -0.365 e. The molecule has 3 rings (SSSR count). The first-order valence-electron chi connectivity index (χ1n) is 16.3. The zero-order valence-corrected chi connectivity index (χ0v) is 27.7. The lowest BCUT2D eigenvalue weighted by molar-refractivity contribution is -0.157. The van der Waals surface area contributed by atoms with Crippen molar-refractivity contribution in [3.05, 3.63) is 56.8 Å². The number of nitrogens with zero attached hydrogens (tertiary/aromatic N) is 4. The van der Waals surface area contributed by atoms with E-state index in [9.17, 15) is 22.8 Å². The number of aromatic nitrogens is 3. The fourth-order valence-electron chi connectivity index (χ4n) is 5.62. The third kappa shape index (κ3) is 10.7. The van der Waals surface area contributed by atoms with E-state index in [2.05, 4.69) is 30.0 Å². The summed E-state index contributed by atoms with van der Waals surface area (Å²) in [4.78, 5) is 30.6. The summed E-state index contributed by atoms with van der Waals surface area (Å²) in [6.45, 7) is 14.3. The van der Waals surface area contributed by atoms with Gasteiger partial charge in [-0.15, -0.1) is 0 Å². The van der Waals surface area contributed by atoms with Crippen molar-refractivity contribution in [2.75, 3.05) is 19.7 Å². The van der Waals surface area contributed by atoms with Crippen LogP contribution in [0.2, 0.25) is 0 Å². The fraction of sp³-hybridized carbons (Fsp3) is 0.676. The van der Waals surface area contributed by atoms with Crippen LogP contribution >= 0.6 is 0 Å². The predicted molar refractivity (Wildman–Crippen MR) is 169 cm³/mol. The highest BCUT2D eigenvalue weighted by Crippen LogP contribution is 2.42. The van der Waals surface area contributed by atoms with E-state index >= 15 is 0 Å². The number of carbonyl (C=O) groups is 1. The first kappa shape index (κ1) is 37.9. The van der Waals surface area contributed by atoms with Crippen molar-refractivity contribution in [1.29, 1.82) is 5.26 Å². The van der Waals surface area contributed by atoms with E-state index in [1.807, 2.05) is 49.8 Å². The van der Waals surface area contributed by atoms with Crippen molar-refractivity contribution in [2.24, 2.45) is 5.92 Å². The number of fused-ring (bicyclic) bond motifs is 1. The largest absolute Gasteiger partial charge is 0.422 e. The number of carbonyl (C=O) groups excluding carboxylic acids is 1. The minimum absolute atomic E-state index is 0.0166. The van der Waals surface area contributed by atoms with Crippen LogP contribution < -0.4 is 5.56 Å². The monoisotopic (exact) mass is 633 g/mol. The summed E-state index contributed by atoms with van der Waals surface area (Å²) in [6, 6.07) is 5.82. The average molecular weight is 634 g/mol. The Kier molecular flexibility index (Phi) is 15.2. The van der Waals surface area contributed by atoms with Crippen molar-refractivity contribution < 1.29 is 22.7 Å². The van der Waals surface area contributed by atoms with Crippen LogP contribution in [0.4, 0.5) is 13.2 Å². The third-order valence-corrected chi connectivity index (χ3v) is 8.63. The maximum absolute atomic E-state index is 13.0. The van der Waals surface area contributed by atoms with Gasteiger partial charge in [-0.25, -0.2) is 5.10 Å². The molecule has 0 fully saturated rings. The summed E-state index contributed by atoms with van der Waals surface area (Å²) < 4.78 is 44.5. The Morgan fingerprint density at radius 2 is 1.89 bits per heavy atom. The third-order valence-electron chi connectivity index (χ3n) is 8.63.